The van der Waals surface area contributed by atoms with Crippen LogP contribution in [0.2, 0.25) is 0 Å². The Balaban J connectivity index is 2.02. The van der Waals surface area contributed by atoms with Gasteiger partial charge < -0.3 is 10.6 Å². The Morgan fingerprint density at radius 2 is 1.87 bits per heavy atom. The van der Waals surface area contributed by atoms with E-state index < -0.39 is 5.12 Å². The maximum Gasteiger partial charge on any atom is 0.267 e. The zero-order valence-electron chi connectivity index (χ0n) is 13.1. The molecule has 0 saturated carbocycles. The van der Waals surface area contributed by atoms with Gasteiger partial charge in [-0.2, -0.15) is 5.26 Å². The number of amides is 1. The van der Waals surface area contributed by atoms with Crippen LogP contribution in [0.1, 0.15) is 24.8 Å². The number of hydrogen-bond acceptors (Lipinski definition) is 5. The molecule has 1 saturated heterocycles. The molecule has 23 heavy (non-hydrogen) atoms. The second-order valence-electron chi connectivity index (χ2n) is 5.70. The van der Waals surface area contributed by atoms with E-state index >= 15 is 0 Å². The number of thioether (sulfide) groups is 1. The van der Waals surface area contributed by atoms with E-state index in [0.29, 0.717) is 5.70 Å². The quantitative estimate of drug-likeness (QED) is 0.889. The molecule has 2 aliphatic rings. The number of nitriles is 1. The SMILES string of the molecule is CS[C@@]1(N2CCCCC2)NC(=O)C(C#N)=C(c2ccccc2)N1. The van der Waals surface area contributed by atoms with E-state index in [1.54, 1.807) is 11.8 Å². The van der Waals surface area contributed by atoms with Crippen molar-refractivity contribution in [1.82, 2.24) is 15.5 Å². The van der Waals surface area contributed by atoms with Crippen molar-refractivity contribution >= 4 is 23.4 Å². The smallest absolute Gasteiger partial charge is 0.267 e. The number of likely N-dealkylation sites (tertiary alicyclic amines) is 1. The van der Waals surface area contributed by atoms with Crippen LogP contribution in [0, 0.1) is 11.3 Å². The summed E-state index contributed by atoms with van der Waals surface area (Å²) < 4.78 is 0. The van der Waals surface area contributed by atoms with Crippen LogP contribution >= 0.6 is 11.8 Å². The Morgan fingerprint density at radius 1 is 1.17 bits per heavy atom. The molecular formula is C17H20N4OS. The summed E-state index contributed by atoms with van der Waals surface area (Å²) in [7, 11) is 0. The van der Waals surface area contributed by atoms with Gasteiger partial charge in [-0.15, -0.1) is 0 Å². The number of nitrogens with zero attached hydrogens (tertiary/aromatic N) is 2. The van der Waals surface area contributed by atoms with E-state index in [1.807, 2.05) is 42.7 Å². The lowest BCUT2D eigenvalue weighted by Crippen LogP contribution is -2.69. The molecular weight excluding hydrogens is 308 g/mol. The Bertz CT molecular complexity index is 661. The van der Waals surface area contributed by atoms with Crippen LogP contribution in [-0.4, -0.2) is 35.3 Å². The molecule has 0 bridgehead atoms. The Labute approximate surface area is 140 Å². The molecule has 0 aliphatic carbocycles. The Hall–Kier alpha value is -1.97. The first kappa shape index (κ1) is 15.9. The predicted molar refractivity (Wildman–Crippen MR) is 91.9 cm³/mol. The fourth-order valence-electron chi connectivity index (χ4n) is 3.12. The number of piperidine rings is 1. The monoisotopic (exact) mass is 328 g/mol. The van der Waals surface area contributed by atoms with Crippen molar-refractivity contribution in [1.29, 1.82) is 5.26 Å². The number of rotatable bonds is 3. The maximum atomic E-state index is 12.6. The molecule has 0 spiro atoms. The first-order valence-electron chi connectivity index (χ1n) is 7.81. The first-order valence-corrected chi connectivity index (χ1v) is 9.03. The van der Waals surface area contributed by atoms with Crippen LogP contribution in [0.5, 0.6) is 0 Å². The van der Waals surface area contributed by atoms with Gasteiger partial charge in [0.2, 0.25) is 5.12 Å². The van der Waals surface area contributed by atoms with Crippen LogP contribution in [0.15, 0.2) is 35.9 Å². The summed E-state index contributed by atoms with van der Waals surface area (Å²) in [5.74, 6) is -0.315. The summed E-state index contributed by atoms with van der Waals surface area (Å²) in [5, 5.41) is 15.2. The number of nitrogens with one attached hydrogen (secondary N) is 2. The van der Waals surface area contributed by atoms with E-state index in [2.05, 4.69) is 15.5 Å². The zero-order chi connectivity index (χ0) is 16.3. The van der Waals surface area contributed by atoms with Crippen LogP contribution < -0.4 is 10.6 Å². The van der Waals surface area contributed by atoms with Crippen molar-refractivity contribution in [2.75, 3.05) is 19.3 Å². The topological polar surface area (TPSA) is 68.2 Å². The van der Waals surface area contributed by atoms with Gasteiger partial charge in [-0.05, 0) is 24.7 Å². The minimum atomic E-state index is -0.691. The molecule has 1 atom stereocenters. The average molecular weight is 328 g/mol. The lowest BCUT2D eigenvalue weighted by atomic mass is 10.0. The van der Waals surface area contributed by atoms with Crippen LogP contribution in [0.25, 0.3) is 5.70 Å². The van der Waals surface area contributed by atoms with Gasteiger partial charge >= 0.3 is 0 Å². The van der Waals surface area contributed by atoms with Crippen molar-refractivity contribution in [3.63, 3.8) is 0 Å². The molecule has 2 heterocycles. The van der Waals surface area contributed by atoms with Gasteiger partial charge in [0.25, 0.3) is 5.91 Å². The molecule has 2 aliphatic heterocycles. The van der Waals surface area contributed by atoms with E-state index in [1.165, 1.54) is 6.42 Å². The molecule has 5 nitrogen and oxygen atoms in total. The van der Waals surface area contributed by atoms with E-state index in [4.69, 9.17) is 0 Å². The fraction of sp³-hybridized carbons (Fsp3) is 0.412. The van der Waals surface area contributed by atoms with Crippen molar-refractivity contribution in [2.45, 2.75) is 24.4 Å². The molecule has 2 N–H and O–H groups in total. The van der Waals surface area contributed by atoms with Gasteiger partial charge in [0.1, 0.15) is 11.6 Å². The van der Waals surface area contributed by atoms with Crippen LogP contribution in [0.4, 0.5) is 0 Å². The van der Waals surface area contributed by atoms with E-state index in [0.717, 1.165) is 31.5 Å². The van der Waals surface area contributed by atoms with Crippen molar-refractivity contribution < 1.29 is 4.79 Å². The summed E-state index contributed by atoms with van der Waals surface area (Å²) in [6.07, 6.45) is 5.44. The molecule has 120 valence electrons. The lowest BCUT2D eigenvalue weighted by molar-refractivity contribution is -0.120. The highest BCUT2D eigenvalue weighted by molar-refractivity contribution is 7.99. The summed E-state index contributed by atoms with van der Waals surface area (Å²) in [5.41, 5.74) is 1.60. The molecule has 0 aromatic heterocycles. The van der Waals surface area contributed by atoms with Gasteiger partial charge in [-0.25, -0.2) is 0 Å². The predicted octanol–water partition coefficient (Wildman–Crippen LogP) is 2.10. The lowest BCUT2D eigenvalue weighted by Gasteiger charge is -2.47. The Morgan fingerprint density at radius 3 is 2.48 bits per heavy atom. The normalized spacial score (nSPS) is 25.5. The van der Waals surface area contributed by atoms with Crippen molar-refractivity contribution in [3.05, 3.63) is 41.5 Å². The summed E-state index contributed by atoms with van der Waals surface area (Å²) in [4.78, 5) is 14.8. The van der Waals surface area contributed by atoms with Crippen molar-refractivity contribution in [3.8, 4) is 6.07 Å². The molecule has 3 rings (SSSR count). The third kappa shape index (κ3) is 2.94. The minimum absolute atomic E-state index is 0.137. The van der Waals surface area contributed by atoms with Crippen LogP contribution in [0.3, 0.4) is 0 Å². The molecule has 6 heteroatoms. The number of benzene rings is 1. The first-order chi connectivity index (χ1) is 11.2. The fourth-order valence-corrected chi connectivity index (χ4v) is 3.96. The molecule has 1 aromatic carbocycles. The second kappa shape index (κ2) is 6.65. The second-order valence-corrected chi connectivity index (χ2v) is 6.70. The summed E-state index contributed by atoms with van der Waals surface area (Å²) in [6, 6.07) is 11.6. The molecule has 0 unspecified atom stereocenters. The molecule has 1 aromatic rings. The van der Waals surface area contributed by atoms with Gasteiger partial charge in [-0.1, -0.05) is 48.5 Å². The number of carbonyl (C=O) groups excluding carboxylic acids is 1. The van der Waals surface area contributed by atoms with Crippen molar-refractivity contribution in [2.24, 2.45) is 0 Å². The van der Waals surface area contributed by atoms with E-state index in [-0.39, 0.29) is 11.5 Å². The molecule has 1 amide bonds. The summed E-state index contributed by atoms with van der Waals surface area (Å²) in [6.45, 7) is 1.86. The highest BCUT2D eigenvalue weighted by Gasteiger charge is 2.43. The van der Waals surface area contributed by atoms with Crippen LogP contribution in [-0.2, 0) is 4.79 Å². The minimum Gasteiger partial charge on any atom is -0.340 e. The summed E-state index contributed by atoms with van der Waals surface area (Å²) >= 11 is 1.55. The molecule has 0 radical (unpaired) electrons. The maximum absolute atomic E-state index is 12.6. The van der Waals surface area contributed by atoms with E-state index in [9.17, 15) is 10.1 Å². The number of carbonyl (C=O) groups is 1. The zero-order valence-corrected chi connectivity index (χ0v) is 13.9. The van der Waals surface area contributed by atoms with Gasteiger partial charge in [0.15, 0.2) is 0 Å². The number of hydrogen-bond donors (Lipinski definition) is 2. The third-order valence-corrected chi connectivity index (χ3v) is 5.38. The highest BCUT2D eigenvalue weighted by atomic mass is 32.2. The highest BCUT2D eigenvalue weighted by Crippen LogP contribution is 2.33. The van der Waals surface area contributed by atoms with Gasteiger partial charge in [0, 0.05) is 13.1 Å². The molecule has 1 fully saturated rings. The largest absolute Gasteiger partial charge is 0.340 e. The van der Waals surface area contributed by atoms with Gasteiger partial charge in [-0.3, -0.25) is 9.69 Å². The van der Waals surface area contributed by atoms with Gasteiger partial charge in [0.05, 0.1) is 5.70 Å². The average Bonchev–Trinajstić information content (AvgIpc) is 2.62. The standard InChI is InChI=1S/C17H20N4OS/c1-23-17(21-10-6-3-7-11-21)19-15(13-8-4-2-5-9-13)14(12-18)16(22)20-17/h2,4-5,8-9,19H,3,6-7,10-11H2,1H3,(H,20,22)/t17-/m1/s1. The third-order valence-electron chi connectivity index (χ3n) is 4.33. The Kier molecular flexibility index (Phi) is 4.60.